The molecule has 0 aliphatic rings. The number of thioether (sulfide) groups is 1. The predicted octanol–water partition coefficient (Wildman–Crippen LogP) is 1.84. The molecule has 0 aliphatic carbocycles. The van der Waals surface area contributed by atoms with Gasteiger partial charge in [-0.05, 0) is 6.42 Å². The van der Waals surface area contributed by atoms with Gasteiger partial charge in [0.25, 0.3) is 5.56 Å². The van der Waals surface area contributed by atoms with E-state index in [1.165, 1.54) is 11.8 Å². The zero-order valence-electron chi connectivity index (χ0n) is 8.75. The highest BCUT2D eigenvalue weighted by Crippen LogP contribution is 2.12. The second kappa shape index (κ2) is 6.31. The van der Waals surface area contributed by atoms with E-state index in [0.717, 1.165) is 24.3 Å². The second-order valence-corrected chi connectivity index (χ2v) is 4.18. The molecule has 80 valence electrons. The first-order valence-corrected chi connectivity index (χ1v) is 5.91. The van der Waals surface area contributed by atoms with Crippen LogP contribution < -0.4 is 5.56 Å². The average Bonchev–Trinajstić information content (AvgIpc) is 2.18. The van der Waals surface area contributed by atoms with E-state index in [4.69, 9.17) is 6.42 Å². The van der Waals surface area contributed by atoms with Gasteiger partial charge in [0, 0.05) is 23.9 Å². The number of aromatic amines is 1. The molecular formula is C11H14N2OS. The topological polar surface area (TPSA) is 45.8 Å². The number of hydrogen-bond donors (Lipinski definition) is 1. The molecule has 0 atom stereocenters. The van der Waals surface area contributed by atoms with Crippen LogP contribution in [0, 0.1) is 12.3 Å². The van der Waals surface area contributed by atoms with E-state index >= 15 is 0 Å². The Bertz CT molecular complexity index is 406. The summed E-state index contributed by atoms with van der Waals surface area (Å²) < 4.78 is 0. The Morgan fingerprint density at radius 2 is 2.47 bits per heavy atom. The summed E-state index contributed by atoms with van der Waals surface area (Å²) in [7, 11) is 0. The summed E-state index contributed by atoms with van der Waals surface area (Å²) in [6, 6.07) is 1.55. The van der Waals surface area contributed by atoms with Gasteiger partial charge in [-0.25, -0.2) is 4.98 Å². The van der Waals surface area contributed by atoms with Crippen LogP contribution in [0.4, 0.5) is 0 Å². The minimum Gasteiger partial charge on any atom is -0.301 e. The fourth-order valence-electron chi connectivity index (χ4n) is 1.14. The van der Waals surface area contributed by atoms with Crippen LogP contribution in [0.3, 0.4) is 0 Å². The molecule has 0 spiro atoms. The highest BCUT2D eigenvalue weighted by atomic mass is 32.2. The van der Waals surface area contributed by atoms with E-state index in [1.807, 2.05) is 0 Å². The van der Waals surface area contributed by atoms with Crippen molar-refractivity contribution in [2.45, 2.75) is 31.3 Å². The fourth-order valence-corrected chi connectivity index (χ4v) is 1.91. The van der Waals surface area contributed by atoms with Crippen molar-refractivity contribution in [3.63, 3.8) is 0 Å². The van der Waals surface area contributed by atoms with Crippen molar-refractivity contribution < 1.29 is 0 Å². The first kappa shape index (κ1) is 11.9. The molecule has 0 bridgehead atoms. The quantitative estimate of drug-likeness (QED) is 0.358. The van der Waals surface area contributed by atoms with Crippen LogP contribution in [0.15, 0.2) is 16.0 Å². The number of hydrogen-bond acceptors (Lipinski definition) is 3. The molecule has 0 saturated heterocycles. The molecule has 1 aromatic rings. The van der Waals surface area contributed by atoms with E-state index in [1.54, 1.807) is 6.07 Å². The summed E-state index contributed by atoms with van der Waals surface area (Å²) >= 11 is 1.49. The van der Waals surface area contributed by atoms with Crippen LogP contribution in [0.2, 0.25) is 0 Å². The van der Waals surface area contributed by atoms with Crippen LogP contribution in [0.5, 0.6) is 0 Å². The maximum absolute atomic E-state index is 11.3. The van der Waals surface area contributed by atoms with Crippen molar-refractivity contribution in [3.05, 3.63) is 22.1 Å². The van der Waals surface area contributed by atoms with Gasteiger partial charge in [-0.15, -0.1) is 12.3 Å². The number of terminal acetylenes is 1. The van der Waals surface area contributed by atoms with Crippen molar-refractivity contribution in [1.82, 2.24) is 9.97 Å². The summed E-state index contributed by atoms with van der Waals surface area (Å²) in [5, 5.41) is 0.668. The summed E-state index contributed by atoms with van der Waals surface area (Å²) in [6.45, 7) is 2.06. The van der Waals surface area contributed by atoms with Crippen LogP contribution in [-0.2, 0) is 6.42 Å². The van der Waals surface area contributed by atoms with Gasteiger partial charge in [0.2, 0.25) is 0 Å². The van der Waals surface area contributed by atoms with Gasteiger partial charge < -0.3 is 4.98 Å². The lowest BCUT2D eigenvalue weighted by Gasteiger charge is -2.01. The highest BCUT2D eigenvalue weighted by molar-refractivity contribution is 7.99. The van der Waals surface area contributed by atoms with Crippen LogP contribution in [0.1, 0.15) is 25.5 Å². The molecule has 1 heterocycles. The molecule has 0 aromatic carbocycles. The monoisotopic (exact) mass is 222 g/mol. The third-order valence-corrected chi connectivity index (χ3v) is 2.64. The lowest BCUT2D eigenvalue weighted by atomic mass is 10.2. The minimum atomic E-state index is -0.0864. The lowest BCUT2D eigenvalue weighted by molar-refractivity contribution is 0.816. The zero-order chi connectivity index (χ0) is 11.1. The molecule has 0 unspecified atom stereocenters. The summed E-state index contributed by atoms with van der Waals surface area (Å²) in [6.07, 6.45) is 7.66. The molecule has 1 aromatic heterocycles. The van der Waals surface area contributed by atoms with Gasteiger partial charge in [-0.3, -0.25) is 4.79 Å². The fraction of sp³-hybridized carbons (Fsp3) is 0.455. The van der Waals surface area contributed by atoms with Crippen LogP contribution in [-0.4, -0.2) is 15.7 Å². The van der Waals surface area contributed by atoms with Gasteiger partial charge in [0.1, 0.15) is 0 Å². The summed E-state index contributed by atoms with van der Waals surface area (Å²) in [4.78, 5) is 18.3. The maximum atomic E-state index is 11.3. The zero-order valence-corrected chi connectivity index (χ0v) is 9.56. The van der Waals surface area contributed by atoms with Crippen molar-refractivity contribution in [3.8, 4) is 12.3 Å². The molecule has 0 aliphatic heterocycles. The minimum absolute atomic E-state index is 0.0864. The Morgan fingerprint density at radius 1 is 1.67 bits per heavy atom. The van der Waals surface area contributed by atoms with E-state index in [0.29, 0.717) is 11.6 Å². The number of H-pyrrole nitrogens is 1. The molecule has 15 heavy (non-hydrogen) atoms. The molecule has 0 amide bonds. The SMILES string of the molecule is C#CCCSc1nc(CCC)cc(=O)[nH]1. The predicted molar refractivity (Wildman–Crippen MR) is 63.0 cm³/mol. The third kappa shape index (κ3) is 4.22. The number of aryl methyl sites for hydroxylation is 1. The Labute approximate surface area is 93.7 Å². The van der Waals surface area contributed by atoms with E-state index < -0.39 is 0 Å². The first-order chi connectivity index (χ1) is 7.26. The Hall–Kier alpha value is -1.21. The number of nitrogens with one attached hydrogen (secondary N) is 1. The van der Waals surface area contributed by atoms with E-state index in [2.05, 4.69) is 22.8 Å². The molecule has 0 fully saturated rings. The van der Waals surface area contributed by atoms with E-state index in [9.17, 15) is 4.79 Å². The molecule has 3 nitrogen and oxygen atoms in total. The number of nitrogens with zero attached hydrogens (tertiary/aromatic N) is 1. The standard InChI is InChI=1S/C11H14N2OS/c1-3-5-7-15-11-12-9(6-4-2)8-10(14)13-11/h1,8H,4-7H2,2H3,(H,12,13,14). The van der Waals surface area contributed by atoms with Crippen molar-refractivity contribution >= 4 is 11.8 Å². The largest absolute Gasteiger partial charge is 0.301 e. The molecule has 1 N–H and O–H groups in total. The molecule has 1 rings (SSSR count). The highest BCUT2D eigenvalue weighted by Gasteiger charge is 2.00. The van der Waals surface area contributed by atoms with Gasteiger partial charge in [0.15, 0.2) is 5.16 Å². The molecule has 0 radical (unpaired) electrons. The van der Waals surface area contributed by atoms with Crippen molar-refractivity contribution in [1.29, 1.82) is 0 Å². The van der Waals surface area contributed by atoms with Gasteiger partial charge in [-0.1, -0.05) is 25.1 Å². The Morgan fingerprint density at radius 3 is 3.13 bits per heavy atom. The van der Waals surface area contributed by atoms with Gasteiger partial charge in [0.05, 0.1) is 0 Å². The molecule has 4 heteroatoms. The Kier molecular flexibility index (Phi) is 4.99. The average molecular weight is 222 g/mol. The summed E-state index contributed by atoms with van der Waals surface area (Å²) in [5.41, 5.74) is 0.765. The van der Waals surface area contributed by atoms with Crippen LogP contribution in [0.25, 0.3) is 0 Å². The van der Waals surface area contributed by atoms with Gasteiger partial charge in [-0.2, -0.15) is 0 Å². The molecule has 0 saturated carbocycles. The van der Waals surface area contributed by atoms with Crippen LogP contribution >= 0.6 is 11.8 Å². The lowest BCUT2D eigenvalue weighted by Crippen LogP contribution is -2.10. The molecular weight excluding hydrogens is 208 g/mol. The maximum Gasteiger partial charge on any atom is 0.251 e. The normalized spacial score (nSPS) is 9.87. The van der Waals surface area contributed by atoms with E-state index in [-0.39, 0.29) is 5.56 Å². The smallest absolute Gasteiger partial charge is 0.251 e. The Balaban J connectivity index is 2.71. The second-order valence-electron chi connectivity index (χ2n) is 3.09. The first-order valence-electron chi connectivity index (χ1n) is 4.92. The van der Waals surface area contributed by atoms with Crippen molar-refractivity contribution in [2.75, 3.05) is 5.75 Å². The van der Waals surface area contributed by atoms with Gasteiger partial charge >= 0.3 is 0 Å². The van der Waals surface area contributed by atoms with Crippen molar-refractivity contribution in [2.24, 2.45) is 0 Å². The summed E-state index contributed by atoms with van der Waals surface area (Å²) in [5.74, 6) is 3.34. The number of rotatable bonds is 5. The number of aromatic nitrogens is 2. The third-order valence-electron chi connectivity index (χ3n) is 1.76.